The van der Waals surface area contributed by atoms with Crippen molar-refractivity contribution in [3.05, 3.63) is 64.8 Å². The summed E-state index contributed by atoms with van der Waals surface area (Å²) >= 11 is 6.04. The van der Waals surface area contributed by atoms with E-state index in [-0.39, 0.29) is 0 Å². The number of nitriles is 1. The zero-order chi connectivity index (χ0) is 14.8. The molecule has 0 aliphatic carbocycles. The average Bonchev–Trinajstić information content (AvgIpc) is 2.91. The topological polar surface area (TPSA) is 54.5 Å². The van der Waals surface area contributed by atoms with Gasteiger partial charge in [-0.05, 0) is 30.7 Å². The Balaban J connectivity index is 2.28. The Bertz CT molecular complexity index is 845. The second kappa shape index (κ2) is 5.39. The van der Waals surface area contributed by atoms with Crippen LogP contribution < -0.4 is 0 Å². The zero-order valence-corrected chi connectivity index (χ0v) is 12.0. The lowest BCUT2D eigenvalue weighted by Gasteiger charge is -2.09. The maximum Gasteiger partial charge on any atom is 0.191 e. The third-order valence-corrected chi connectivity index (χ3v) is 3.46. The van der Waals surface area contributed by atoms with E-state index in [2.05, 4.69) is 16.4 Å². The number of hydrogen-bond donors (Lipinski definition) is 0. The van der Waals surface area contributed by atoms with E-state index < -0.39 is 0 Å². The molecule has 2 aromatic carbocycles. The summed E-state index contributed by atoms with van der Waals surface area (Å²) in [5.74, 6) is 0. The summed E-state index contributed by atoms with van der Waals surface area (Å²) in [6.45, 7) is 1.99. The van der Waals surface area contributed by atoms with Crippen LogP contribution in [0.25, 0.3) is 16.9 Å². The molecule has 0 bridgehead atoms. The maximum atomic E-state index is 9.29. The van der Waals surface area contributed by atoms with Gasteiger partial charge in [-0.1, -0.05) is 47.1 Å². The molecule has 3 rings (SSSR count). The zero-order valence-electron chi connectivity index (χ0n) is 11.3. The van der Waals surface area contributed by atoms with Crippen LogP contribution in [0.1, 0.15) is 11.3 Å². The first-order valence-electron chi connectivity index (χ1n) is 6.38. The first-order chi connectivity index (χ1) is 10.2. The molecule has 3 aromatic rings. The second-order valence-corrected chi connectivity index (χ2v) is 5.04. The molecular formula is C16H11ClN4. The van der Waals surface area contributed by atoms with Gasteiger partial charge in [-0.25, -0.2) is 4.68 Å². The minimum atomic E-state index is 0.296. The summed E-state index contributed by atoms with van der Waals surface area (Å²) in [5.41, 5.74) is 3.73. The highest BCUT2D eigenvalue weighted by atomic mass is 35.5. The molecule has 5 heteroatoms. The van der Waals surface area contributed by atoms with E-state index in [0.717, 1.165) is 16.8 Å². The van der Waals surface area contributed by atoms with E-state index in [1.165, 1.54) is 0 Å². The molecule has 0 saturated carbocycles. The Morgan fingerprint density at radius 2 is 1.95 bits per heavy atom. The van der Waals surface area contributed by atoms with Gasteiger partial charge in [0, 0.05) is 10.6 Å². The van der Waals surface area contributed by atoms with Crippen LogP contribution in [0.4, 0.5) is 0 Å². The Morgan fingerprint density at radius 3 is 2.67 bits per heavy atom. The van der Waals surface area contributed by atoms with E-state index in [1.807, 2.05) is 43.3 Å². The SMILES string of the molecule is Cc1ccccc1-c1c(C#N)nnn1-c1cccc(Cl)c1. The summed E-state index contributed by atoms with van der Waals surface area (Å²) in [6.07, 6.45) is 0. The first kappa shape index (κ1) is 13.3. The van der Waals surface area contributed by atoms with Crippen LogP contribution >= 0.6 is 11.6 Å². The van der Waals surface area contributed by atoms with E-state index in [1.54, 1.807) is 16.8 Å². The molecule has 0 fully saturated rings. The highest BCUT2D eigenvalue weighted by molar-refractivity contribution is 6.30. The summed E-state index contributed by atoms with van der Waals surface area (Å²) in [7, 11) is 0. The third kappa shape index (κ3) is 2.39. The highest BCUT2D eigenvalue weighted by Gasteiger charge is 2.17. The van der Waals surface area contributed by atoms with Gasteiger partial charge in [0.2, 0.25) is 0 Å². The van der Waals surface area contributed by atoms with Crippen LogP contribution in [-0.2, 0) is 0 Å². The standard InChI is InChI=1S/C16H11ClN4/c1-11-5-2-3-8-14(11)16-15(10-18)19-20-21(16)13-7-4-6-12(17)9-13/h2-9H,1H3. The van der Waals surface area contributed by atoms with Gasteiger partial charge in [0.15, 0.2) is 5.69 Å². The Morgan fingerprint density at radius 1 is 1.14 bits per heavy atom. The molecule has 1 heterocycles. The van der Waals surface area contributed by atoms with E-state index in [0.29, 0.717) is 16.4 Å². The quantitative estimate of drug-likeness (QED) is 0.723. The van der Waals surface area contributed by atoms with Gasteiger partial charge in [0.05, 0.1) is 5.69 Å². The Hall–Kier alpha value is -2.64. The summed E-state index contributed by atoms with van der Waals surface area (Å²) in [4.78, 5) is 0. The van der Waals surface area contributed by atoms with Gasteiger partial charge in [0.1, 0.15) is 11.8 Å². The first-order valence-corrected chi connectivity index (χ1v) is 6.76. The van der Waals surface area contributed by atoms with Gasteiger partial charge in [-0.3, -0.25) is 0 Å². The number of halogens is 1. The van der Waals surface area contributed by atoms with Crippen LogP contribution in [0, 0.1) is 18.3 Å². The van der Waals surface area contributed by atoms with Crippen LogP contribution in [0.5, 0.6) is 0 Å². The molecule has 0 N–H and O–H groups in total. The predicted octanol–water partition coefficient (Wildman–Crippen LogP) is 3.77. The van der Waals surface area contributed by atoms with Crippen molar-refractivity contribution in [3.8, 4) is 23.0 Å². The van der Waals surface area contributed by atoms with Crippen LogP contribution in [0.2, 0.25) is 5.02 Å². The molecule has 0 aliphatic heterocycles. The van der Waals surface area contributed by atoms with E-state index in [4.69, 9.17) is 11.6 Å². The smallest absolute Gasteiger partial charge is 0.191 e. The lowest BCUT2D eigenvalue weighted by Crippen LogP contribution is -2.00. The highest BCUT2D eigenvalue weighted by Crippen LogP contribution is 2.28. The van der Waals surface area contributed by atoms with Crippen molar-refractivity contribution in [2.75, 3.05) is 0 Å². The Labute approximate surface area is 127 Å². The summed E-state index contributed by atoms with van der Waals surface area (Å²) in [5, 5.41) is 18.0. The second-order valence-electron chi connectivity index (χ2n) is 4.61. The van der Waals surface area contributed by atoms with Gasteiger partial charge in [-0.2, -0.15) is 5.26 Å². The van der Waals surface area contributed by atoms with Gasteiger partial charge >= 0.3 is 0 Å². The third-order valence-electron chi connectivity index (χ3n) is 3.23. The Kier molecular flexibility index (Phi) is 3.43. The van der Waals surface area contributed by atoms with Gasteiger partial charge in [0.25, 0.3) is 0 Å². The average molecular weight is 295 g/mol. The minimum Gasteiger partial charge on any atom is -0.211 e. The molecule has 0 saturated heterocycles. The summed E-state index contributed by atoms with van der Waals surface area (Å²) in [6, 6.07) is 17.2. The summed E-state index contributed by atoms with van der Waals surface area (Å²) < 4.78 is 1.65. The van der Waals surface area contributed by atoms with Crippen molar-refractivity contribution in [3.63, 3.8) is 0 Å². The predicted molar refractivity (Wildman–Crippen MR) is 81.3 cm³/mol. The fourth-order valence-corrected chi connectivity index (χ4v) is 2.41. The monoisotopic (exact) mass is 294 g/mol. The number of benzene rings is 2. The molecule has 4 nitrogen and oxygen atoms in total. The molecule has 0 spiro atoms. The molecule has 102 valence electrons. The van der Waals surface area contributed by atoms with Gasteiger partial charge < -0.3 is 0 Å². The van der Waals surface area contributed by atoms with Crippen molar-refractivity contribution in [1.29, 1.82) is 5.26 Å². The molecule has 0 radical (unpaired) electrons. The van der Waals surface area contributed by atoms with Crippen LogP contribution in [0.3, 0.4) is 0 Å². The van der Waals surface area contributed by atoms with Crippen LogP contribution in [0.15, 0.2) is 48.5 Å². The molecule has 21 heavy (non-hydrogen) atoms. The largest absolute Gasteiger partial charge is 0.211 e. The molecule has 1 aromatic heterocycles. The molecule has 0 amide bonds. The number of nitrogens with zero attached hydrogens (tertiary/aromatic N) is 4. The van der Waals surface area contributed by atoms with E-state index in [9.17, 15) is 5.26 Å². The lowest BCUT2D eigenvalue weighted by atomic mass is 10.0. The normalized spacial score (nSPS) is 10.3. The minimum absolute atomic E-state index is 0.296. The number of hydrogen-bond acceptors (Lipinski definition) is 3. The van der Waals surface area contributed by atoms with Crippen molar-refractivity contribution < 1.29 is 0 Å². The van der Waals surface area contributed by atoms with Crippen LogP contribution in [-0.4, -0.2) is 15.0 Å². The van der Waals surface area contributed by atoms with E-state index >= 15 is 0 Å². The molecular weight excluding hydrogens is 284 g/mol. The number of aromatic nitrogens is 3. The van der Waals surface area contributed by atoms with Crippen molar-refractivity contribution >= 4 is 11.6 Å². The number of aryl methyl sites for hydroxylation is 1. The fourth-order valence-electron chi connectivity index (χ4n) is 2.23. The fraction of sp³-hybridized carbons (Fsp3) is 0.0625. The maximum absolute atomic E-state index is 9.29. The van der Waals surface area contributed by atoms with Crippen molar-refractivity contribution in [2.24, 2.45) is 0 Å². The van der Waals surface area contributed by atoms with Crippen molar-refractivity contribution in [2.45, 2.75) is 6.92 Å². The molecule has 0 aliphatic rings. The molecule has 0 atom stereocenters. The van der Waals surface area contributed by atoms with Gasteiger partial charge in [-0.15, -0.1) is 5.10 Å². The number of rotatable bonds is 2. The van der Waals surface area contributed by atoms with Crippen molar-refractivity contribution in [1.82, 2.24) is 15.0 Å². The molecule has 0 unspecified atom stereocenters. The lowest BCUT2D eigenvalue weighted by molar-refractivity contribution is 0.806.